The maximum atomic E-state index is 6.37. The fraction of sp³-hybridized carbons (Fsp3) is 0. The Kier molecular flexibility index (Phi) is 5.78. The van der Waals surface area contributed by atoms with Gasteiger partial charge in [-0.25, -0.2) is 15.0 Å². The molecule has 0 aliphatic heterocycles. The zero-order valence-corrected chi connectivity index (χ0v) is 24.2. The number of aromatic nitrogens is 3. The van der Waals surface area contributed by atoms with Crippen LogP contribution in [0.1, 0.15) is 0 Å². The van der Waals surface area contributed by atoms with E-state index in [1.807, 2.05) is 42.5 Å². The minimum Gasteiger partial charge on any atom is -0.456 e. The van der Waals surface area contributed by atoms with Crippen LogP contribution < -0.4 is 0 Å². The highest BCUT2D eigenvalue weighted by molar-refractivity contribution is 6.10. The van der Waals surface area contributed by atoms with Crippen molar-refractivity contribution in [3.05, 3.63) is 152 Å². The molecule has 210 valence electrons. The van der Waals surface area contributed by atoms with Crippen molar-refractivity contribution in [2.24, 2.45) is 0 Å². The summed E-state index contributed by atoms with van der Waals surface area (Å²) in [4.78, 5) is 14.9. The fourth-order valence-electron chi connectivity index (χ4n) is 6.15. The van der Waals surface area contributed by atoms with Gasteiger partial charge in [0.05, 0.1) is 0 Å². The number of furan rings is 1. The van der Waals surface area contributed by atoms with Crippen LogP contribution in [0.2, 0.25) is 0 Å². The highest BCUT2D eigenvalue weighted by Crippen LogP contribution is 2.35. The Morgan fingerprint density at radius 1 is 0.311 bits per heavy atom. The van der Waals surface area contributed by atoms with Crippen molar-refractivity contribution in [2.75, 3.05) is 0 Å². The number of rotatable bonds is 4. The van der Waals surface area contributed by atoms with E-state index in [0.717, 1.165) is 49.4 Å². The molecule has 0 aliphatic rings. The van der Waals surface area contributed by atoms with Crippen molar-refractivity contribution in [2.45, 2.75) is 0 Å². The molecule has 2 aromatic heterocycles. The molecule has 0 N–H and O–H groups in total. The van der Waals surface area contributed by atoms with Gasteiger partial charge in [-0.15, -0.1) is 0 Å². The average Bonchev–Trinajstić information content (AvgIpc) is 3.47. The molecule has 2 heterocycles. The predicted molar refractivity (Wildman–Crippen MR) is 184 cm³/mol. The molecule has 0 atom stereocenters. The molecule has 0 unspecified atom stereocenters. The summed E-state index contributed by atoms with van der Waals surface area (Å²) in [5.74, 6) is 1.86. The lowest BCUT2D eigenvalue weighted by Gasteiger charge is -2.10. The van der Waals surface area contributed by atoms with Crippen LogP contribution in [0.5, 0.6) is 0 Å². The molecule has 0 fully saturated rings. The maximum absolute atomic E-state index is 6.37. The minimum absolute atomic E-state index is 0.603. The van der Waals surface area contributed by atoms with Crippen LogP contribution in [-0.2, 0) is 0 Å². The zero-order chi connectivity index (χ0) is 29.7. The summed E-state index contributed by atoms with van der Waals surface area (Å²) < 4.78 is 6.37. The molecule has 0 saturated carbocycles. The summed E-state index contributed by atoms with van der Waals surface area (Å²) in [5.41, 5.74) is 6.82. The van der Waals surface area contributed by atoms with Crippen molar-refractivity contribution >= 4 is 43.5 Å². The smallest absolute Gasteiger partial charge is 0.164 e. The van der Waals surface area contributed by atoms with Gasteiger partial charge in [0.25, 0.3) is 0 Å². The number of nitrogens with zero attached hydrogens (tertiary/aromatic N) is 3. The van der Waals surface area contributed by atoms with Crippen LogP contribution in [0.4, 0.5) is 0 Å². The Labute approximate surface area is 259 Å². The molecular formula is C41H25N3O. The van der Waals surface area contributed by atoms with Gasteiger partial charge in [-0.05, 0) is 69.1 Å². The third-order valence-corrected chi connectivity index (χ3v) is 8.47. The van der Waals surface area contributed by atoms with Gasteiger partial charge < -0.3 is 4.42 Å². The van der Waals surface area contributed by atoms with Gasteiger partial charge in [0.15, 0.2) is 17.5 Å². The predicted octanol–water partition coefficient (Wildman–Crippen LogP) is 10.7. The number of benzene rings is 7. The van der Waals surface area contributed by atoms with Gasteiger partial charge in [0, 0.05) is 27.5 Å². The first-order valence-electron chi connectivity index (χ1n) is 15.0. The number of hydrogen-bond donors (Lipinski definition) is 0. The molecule has 9 aromatic rings. The van der Waals surface area contributed by atoms with E-state index >= 15 is 0 Å². The number of hydrogen-bond acceptors (Lipinski definition) is 4. The maximum Gasteiger partial charge on any atom is 0.164 e. The second kappa shape index (κ2) is 10.2. The van der Waals surface area contributed by atoms with Crippen molar-refractivity contribution in [1.82, 2.24) is 15.0 Å². The van der Waals surface area contributed by atoms with E-state index in [-0.39, 0.29) is 0 Å². The molecule has 0 bridgehead atoms. The zero-order valence-electron chi connectivity index (χ0n) is 24.2. The molecule has 7 aromatic carbocycles. The van der Waals surface area contributed by atoms with Crippen LogP contribution in [0, 0.1) is 0 Å². The normalized spacial score (nSPS) is 11.6. The third kappa shape index (κ3) is 4.52. The monoisotopic (exact) mass is 575 g/mol. The lowest BCUT2D eigenvalue weighted by molar-refractivity contribution is 0.669. The van der Waals surface area contributed by atoms with Crippen molar-refractivity contribution < 1.29 is 4.42 Å². The van der Waals surface area contributed by atoms with Crippen molar-refractivity contribution in [3.8, 4) is 45.3 Å². The quantitative estimate of drug-likeness (QED) is 0.209. The fourth-order valence-corrected chi connectivity index (χ4v) is 6.15. The van der Waals surface area contributed by atoms with Crippen LogP contribution in [0.25, 0.3) is 88.8 Å². The largest absolute Gasteiger partial charge is 0.456 e. The molecule has 4 nitrogen and oxygen atoms in total. The van der Waals surface area contributed by atoms with Gasteiger partial charge in [-0.1, -0.05) is 115 Å². The molecule has 0 saturated heterocycles. The summed E-state index contributed by atoms with van der Waals surface area (Å²) in [6, 6.07) is 52.4. The molecule has 0 radical (unpaired) electrons. The second-order valence-electron chi connectivity index (χ2n) is 11.3. The standard InChI is InChI=1S/C41H25N3O/c1-3-9-26(10-4-1)30-15-16-32-22-33(18-17-31(32)21-30)40-42-39(27-11-5-2-6-12-27)43-41(44-40)34-19-20-35-36-23-28-13-7-8-14-29(28)24-38(36)45-37(35)25-34/h1-25H. The molecular weight excluding hydrogens is 550 g/mol. The van der Waals surface area contributed by atoms with Crippen LogP contribution in [0.3, 0.4) is 0 Å². The van der Waals surface area contributed by atoms with Crippen molar-refractivity contribution in [1.29, 1.82) is 0 Å². The minimum atomic E-state index is 0.603. The van der Waals surface area contributed by atoms with Crippen LogP contribution >= 0.6 is 0 Å². The second-order valence-corrected chi connectivity index (χ2v) is 11.3. The summed E-state index contributed by atoms with van der Waals surface area (Å²) >= 11 is 0. The molecule has 4 heteroatoms. The SMILES string of the molecule is c1ccc(-c2ccc3cc(-c4nc(-c5ccccc5)nc(-c5ccc6c(c5)oc5cc7ccccc7cc56)n4)ccc3c2)cc1. The van der Waals surface area contributed by atoms with E-state index in [9.17, 15) is 0 Å². The Bertz CT molecular complexity index is 2540. The van der Waals surface area contributed by atoms with Gasteiger partial charge >= 0.3 is 0 Å². The topological polar surface area (TPSA) is 51.8 Å². The van der Waals surface area contributed by atoms with Gasteiger partial charge in [0.2, 0.25) is 0 Å². The third-order valence-electron chi connectivity index (χ3n) is 8.47. The first-order valence-corrected chi connectivity index (χ1v) is 15.0. The Hall–Kier alpha value is -6.13. The first-order chi connectivity index (χ1) is 22.2. The molecule has 9 rings (SSSR count). The lowest BCUT2D eigenvalue weighted by Crippen LogP contribution is -2.00. The molecule has 0 aliphatic carbocycles. The van der Waals surface area contributed by atoms with Gasteiger partial charge in [-0.3, -0.25) is 0 Å². The summed E-state index contributed by atoms with van der Waals surface area (Å²) in [7, 11) is 0. The Morgan fingerprint density at radius 2 is 0.800 bits per heavy atom. The molecule has 0 spiro atoms. The highest BCUT2D eigenvalue weighted by atomic mass is 16.3. The van der Waals surface area contributed by atoms with E-state index in [4.69, 9.17) is 19.4 Å². The van der Waals surface area contributed by atoms with Crippen LogP contribution in [0.15, 0.2) is 156 Å². The Balaban J connectivity index is 1.17. The lowest BCUT2D eigenvalue weighted by atomic mass is 10.00. The van der Waals surface area contributed by atoms with Crippen LogP contribution in [-0.4, -0.2) is 15.0 Å². The summed E-state index contributed by atoms with van der Waals surface area (Å²) in [6.45, 7) is 0. The highest BCUT2D eigenvalue weighted by Gasteiger charge is 2.15. The van der Waals surface area contributed by atoms with Crippen molar-refractivity contribution in [3.63, 3.8) is 0 Å². The molecule has 45 heavy (non-hydrogen) atoms. The van der Waals surface area contributed by atoms with E-state index in [1.165, 1.54) is 21.9 Å². The van der Waals surface area contributed by atoms with E-state index < -0.39 is 0 Å². The first kappa shape index (κ1) is 25.4. The Morgan fingerprint density at radius 3 is 1.51 bits per heavy atom. The molecule has 0 amide bonds. The van der Waals surface area contributed by atoms with Gasteiger partial charge in [-0.2, -0.15) is 0 Å². The summed E-state index contributed by atoms with van der Waals surface area (Å²) in [5, 5.41) is 6.82. The van der Waals surface area contributed by atoms with E-state index in [0.29, 0.717) is 17.5 Å². The average molecular weight is 576 g/mol. The number of fused-ring (bicyclic) bond motifs is 5. The van der Waals surface area contributed by atoms with E-state index in [2.05, 4.69) is 109 Å². The van der Waals surface area contributed by atoms with Gasteiger partial charge in [0.1, 0.15) is 11.2 Å². The van der Waals surface area contributed by atoms with E-state index in [1.54, 1.807) is 0 Å². The summed E-state index contributed by atoms with van der Waals surface area (Å²) in [6.07, 6.45) is 0.